The fraction of sp³-hybridized carbons (Fsp3) is 0.364. The Morgan fingerprint density at radius 1 is 1.39 bits per heavy atom. The molecule has 100 valence electrons. The van der Waals surface area contributed by atoms with E-state index in [1.807, 2.05) is 0 Å². The van der Waals surface area contributed by atoms with Crippen LogP contribution >= 0.6 is 0 Å². The second-order valence-electron chi connectivity index (χ2n) is 3.75. The van der Waals surface area contributed by atoms with Crippen LogP contribution in [0.1, 0.15) is 6.92 Å². The van der Waals surface area contributed by atoms with Gasteiger partial charge in [-0.2, -0.15) is 4.31 Å². The normalized spacial score (nSPS) is 11.5. The molecule has 1 amide bonds. The molecule has 0 aromatic heterocycles. The van der Waals surface area contributed by atoms with E-state index in [0.29, 0.717) is 6.54 Å². The van der Waals surface area contributed by atoms with Gasteiger partial charge in [0, 0.05) is 13.6 Å². The van der Waals surface area contributed by atoms with Crippen molar-refractivity contribution in [3.05, 3.63) is 24.3 Å². The van der Waals surface area contributed by atoms with E-state index < -0.39 is 10.0 Å². The quantitative estimate of drug-likeness (QED) is 0.739. The van der Waals surface area contributed by atoms with Gasteiger partial charge in [0.05, 0.1) is 12.2 Å². The highest BCUT2D eigenvalue weighted by Crippen LogP contribution is 2.20. The number of anilines is 1. The van der Waals surface area contributed by atoms with E-state index >= 15 is 0 Å². The van der Waals surface area contributed by atoms with Gasteiger partial charge in [-0.3, -0.25) is 4.79 Å². The van der Waals surface area contributed by atoms with Gasteiger partial charge >= 0.3 is 0 Å². The van der Waals surface area contributed by atoms with Gasteiger partial charge in [0.15, 0.2) is 0 Å². The zero-order valence-corrected chi connectivity index (χ0v) is 11.2. The van der Waals surface area contributed by atoms with Crippen LogP contribution in [0.15, 0.2) is 29.2 Å². The molecule has 0 aliphatic rings. The number of rotatable bonds is 5. The van der Waals surface area contributed by atoms with E-state index in [9.17, 15) is 13.2 Å². The number of carbonyl (C=O) groups excluding carboxylic acids is 1. The van der Waals surface area contributed by atoms with Crippen LogP contribution in [0.4, 0.5) is 5.69 Å². The number of sulfonamides is 1. The number of hydrogen-bond donors (Lipinski definition) is 2. The Morgan fingerprint density at radius 2 is 2.00 bits per heavy atom. The van der Waals surface area contributed by atoms with Crippen molar-refractivity contribution in [3.63, 3.8) is 0 Å². The lowest BCUT2D eigenvalue weighted by Gasteiger charge is -2.17. The Kier molecular flexibility index (Phi) is 4.69. The standard InChI is InChI=1S/C11H17N3O3S/c1-3-13-11(15)8-14(2)18(16,17)10-7-5-4-6-9(10)12/h4-7H,3,8,12H2,1-2H3,(H,13,15). The third-order valence-corrected chi connectivity index (χ3v) is 4.22. The number of hydrogen-bond acceptors (Lipinski definition) is 4. The van der Waals surface area contributed by atoms with E-state index in [2.05, 4.69) is 5.32 Å². The molecule has 3 N–H and O–H groups in total. The topological polar surface area (TPSA) is 92.5 Å². The minimum atomic E-state index is -3.74. The van der Waals surface area contributed by atoms with E-state index in [1.54, 1.807) is 19.1 Å². The van der Waals surface area contributed by atoms with Crippen molar-refractivity contribution in [2.24, 2.45) is 0 Å². The molecule has 0 heterocycles. The maximum Gasteiger partial charge on any atom is 0.245 e. The molecule has 0 atom stereocenters. The smallest absolute Gasteiger partial charge is 0.245 e. The molecule has 0 radical (unpaired) electrons. The average Bonchev–Trinajstić information content (AvgIpc) is 2.29. The van der Waals surface area contributed by atoms with Crippen LogP contribution in [0.5, 0.6) is 0 Å². The zero-order valence-electron chi connectivity index (χ0n) is 10.4. The predicted molar refractivity (Wildman–Crippen MR) is 69.4 cm³/mol. The Morgan fingerprint density at radius 3 is 2.56 bits per heavy atom. The Balaban J connectivity index is 2.94. The van der Waals surface area contributed by atoms with Crippen LogP contribution in [0.25, 0.3) is 0 Å². The summed E-state index contributed by atoms with van der Waals surface area (Å²) in [5.74, 6) is -0.349. The van der Waals surface area contributed by atoms with Gasteiger partial charge in [-0.1, -0.05) is 12.1 Å². The Bertz CT molecular complexity index is 528. The van der Waals surface area contributed by atoms with Gasteiger partial charge in [-0.15, -0.1) is 0 Å². The molecule has 6 nitrogen and oxygen atoms in total. The summed E-state index contributed by atoms with van der Waals surface area (Å²) < 4.78 is 25.3. The van der Waals surface area contributed by atoms with Gasteiger partial charge in [0.25, 0.3) is 0 Å². The highest BCUT2D eigenvalue weighted by molar-refractivity contribution is 7.89. The van der Waals surface area contributed by atoms with E-state index in [4.69, 9.17) is 5.73 Å². The maximum atomic E-state index is 12.2. The van der Waals surface area contributed by atoms with Gasteiger partial charge in [-0.25, -0.2) is 8.42 Å². The third kappa shape index (κ3) is 3.21. The molecule has 0 spiro atoms. The second-order valence-corrected chi connectivity index (χ2v) is 5.77. The number of benzene rings is 1. The molecule has 1 aromatic rings. The van der Waals surface area contributed by atoms with Crippen LogP contribution in [-0.2, 0) is 14.8 Å². The summed E-state index contributed by atoms with van der Waals surface area (Å²) in [6, 6.07) is 6.16. The van der Waals surface area contributed by atoms with Crippen molar-refractivity contribution in [1.82, 2.24) is 9.62 Å². The van der Waals surface area contributed by atoms with Gasteiger partial charge in [0.1, 0.15) is 4.90 Å². The van der Waals surface area contributed by atoms with E-state index in [0.717, 1.165) is 4.31 Å². The largest absolute Gasteiger partial charge is 0.398 e. The van der Waals surface area contributed by atoms with Gasteiger partial charge in [0.2, 0.25) is 15.9 Å². The highest BCUT2D eigenvalue weighted by atomic mass is 32.2. The lowest BCUT2D eigenvalue weighted by atomic mass is 10.3. The van der Waals surface area contributed by atoms with Crippen LogP contribution in [0.2, 0.25) is 0 Å². The number of para-hydroxylation sites is 1. The minimum absolute atomic E-state index is 0.0109. The molecular weight excluding hydrogens is 254 g/mol. The number of carbonyl (C=O) groups is 1. The van der Waals surface area contributed by atoms with Crippen LogP contribution in [-0.4, -0.2) is 38.8 Å². The molecule has 1 aromatic carbocycles. The summed E-state index contributed by atoms with van der Waals surface area (Å²) in [5.41, 5.74) is 5.79. The van der Waals surface area contributed by atoms with Gasteiger partial charge in [-0.05, 0) is 19.1 Å². The predicted octanol–water partition coefficient (Wildman–Crippen LogP) is 0.0254. The van der Waals surface area contributed by atoms with Crippen LogP contribution in [0, 0.1) is 0 Å². The summed E-state index contributed by atoms with van der Waals surface area (Å²) in [6.07, 6.45) is 0. The number of likely N-dealkylation sites (N-methyl/N-ethyl adjacent to an activating group) is 2. The van der Waals surface area contributed by atoms with Crippen LogP contribution < -0.4 is 11.1 Å². The summed E-state index contributed by atoms with van der Waals surface area (Å²) in [4.78, 5) is 11.4. The third-order valence-electron chi connectivity index (χ3n) is 2.35. The molecule has 1 rings (SSSR count). The first-order valence-electron chi connectivity index (χ1n) is 5.47. The minimum Gasteiger partial charge on any atom is -0.398 e. The molecular formula is C11H17N3O3S. The average molecular weight is 271 g/mol. The molecule has 0 aliphatic carbocycles. The number of nitrogen functional groups attached to an aromatic ring is 1. The van der Waals surface area contributed by atoms with Crippen molar-refractivity contribution in [3.8, 4) is 0 Å². The maximum absolute atomic E-state index is 12.2. The molecule has 0 aliphatic heterocycles. The van der Waals surface area contributed by atoms with Gasteiger partial charge < -0.3 is 11.1 Å². The summed E-state index contributed by atoms with van der Waals surface area (Å²) in [6.45, 7) is 1.99. The Labute approximate surface area is 107 Å². The lowest BCUT2D eigenvalue weighted by Crippen LogP contribution is -2.38. The monoisotopic (exact) mass is 271 g/mol. The van der Waals surface area contributed by atoms with E-state index in [1.165, 1.54) is 19.2 Å². The number of amides is 1. The van der Waals surface area contributed by atoms with Crippen molar-refractivity contribution >= 4 is 21.6 Å². The summed E-state index contributed by atoms with van der Waals surface area (Å²) in [5, 5.41) is 2.54. The number of nitrogens with two attached hydrogens (primary N) is 1. The van der Waals surface area contributed by atoms with Crippen molar-refractivity contribution in [1.29, 1.82) is 0 Å². The molecule has 0 unspecified atom stereocenters. The molecule has 0 fully saturated rings. The fourth-order valence-electron chi connectivity index (χ4n) is 1.42. The zero-order chi connectivity index (χ0) is 13.8. The molecule has 0 saturated heterocycles. The first-order valence-corrected chi connectivity index (χ1v) is 6.91. The Hall–Kier alpha value is -1.60. The molecule has 7 heteroatoms. The number of nitrogens with zero attached hydrogens (tertiary/aromatic N) is 1. The van der Waals surface area contributed by atoms with Crippen molar-refractivity contribution in [2.45, 2.75) is 11.8 Å². The molecule has 0 saturated carbocycles. The van der Waals surface area contributed by atoms with Crippen LogP contribution in [0.3, 0.4) is 0 Å². The lowest BCUT2D eigenvalue weighted by molar-refractivity contribution is -0.121. The molecule has 18 heavy (non-hydrogen) atoms. The van der Waals surface area contributed by atoms with Crippen molar-refractivity contribution < 1.29 is 13.2 Å². The second kappa shape index (κ2) is 5.83. The number of nitrogens with one attached hydrogen (secondary N) is 1. The summed E-state index contributed by atoms with van der Waals surface area (Å²) in [7, 11) is -2.39. The van der Waals surface area contributed by atoms with E-state index in [-0.39, 0.29) is 23.0 Å². The first-order chi connectivity index (χ1) is 8.39. The van der Waals surface area contributed by atoms with Crippen molar-refractivity contribution in [2.75, 3.05) is 25.9 Å². The summed E-state index contributed by atoms with van der Waals surface area (Å²) >= 11 is 0. The fourth-order valence-corrected chi connectivity index (χ4v) is 2.66. The SMILES string of the molecule is CCNC(=O)CN(C)S(=O)(=O)c1ccccc1N. The molecule has 0 bridgehead atoms. The first kappa shape index (κ1) is 14.5. The highest BCUT2D eigenvalue weighted by Gasteiger charge is 2.24.